The van der Waals surface area contributed by atoms with Gasteiger partial charge in [-0.3, -0.25) is 0 Å². The normalized spacial score (nSPS) is 15.9. The molecule has 27 heavy (non-hydrogen) atoms. The van der Waals surface area contributed by atoms with Gasteiger partial charge < -0.3 is 4.74 Å². The number of hydrogen-bond donors (Lipinski definition) is 0. The Hall–Kier alpha value is -2.98. The van der Waals surface area contributed by atoms with Crippen molar-refractivity contribution in [2.45, 2.75) is 20.0 Å². The molecule has 1 aliphatic heterocycles. The first-order valence-corrected chi connectivity index (χ1v) is 9.79. The predicted octanol–water partition coefficient (Wildman–Crippen LogP) is 6.11. The molecule has 4 heteroatoms. The number of aryl methyl sites for hydroxylation is 2. The number of hydrogen-bond acceptors (Lipinski definition) is 4. The molecule has 1 aliphatic rings. The van der Waals surface area contributed by atoms with Gasteiger partial charge in [-0.25, -0.2) is 9.98 Å². The number of ether oxygens (including phenoxy) is 1. The smallest absolute Gasteiger partial charge is 0.222 e. The Morgan fingerprint density at radius 1 is 0.926 bits per heavy atom. The number of nitrogens with zero attached hydrogens (tertiary/aromatic N) is 2. The molecule has 0 saturated carbocycles. The van der Waals surface area contributed by atoms with E-state index >= 15 is 0 Å². The molecule has 0 N–H and O–H groups in total. The summed E-state index contributed by atoms with van der Waals surface area (Å²) in [5.74, 6) is 0.664. The molecule has 0 fully saturated rings. The van der Waals surface area contributed by atoms with Gasteiger partial charge in [0.05, 0.1) is 10.6 Å². The van der Waals surface area contributed by atoms with Crippen molar-refractivity contribution in [3.8, 4) is 0 Å². The summed E-state index contributed by atoms with van der Waals surface area (Å²) in [6, 6.07) is 22.6. The SMILES string of the molecule is Cc1cc(C)c2c3c(sc2n1)[C@H](c1ccccc1)OC(c1ccccc1)=N3. The Labute approximate surface area is 162 Å². The van der Waals surface area contributed by atoms with Crippen LogP contribution in [0.5, 0.6) is 0 Å². The molecule has 2 aromatic heterocycles. The van der Waals surface area contributed by atoms with Gasteiger partial charge in [-0.05, 0) is 43.2 Å². The summed E-state index contributed by atoms with van der Waals surface area (Å²) in [4.78, 5) is 11.8. The highest BCUT2D eigenvalue weighted by atomic mass is 32.1. The highest BCUT2D eigenvalue weighted by molar-refractivity contribution is 7.19. The minimum Gasteiger partial charge on any atom is -0.463 e. The van der Waals surface area contributed by atoms with Gasteiger partial charge in [0, 0.05) is 16.6 Å². The van der Waals surface area contributed by atoms with Crippen molar-refractivity contribution in [2.24, 2.45) is 4.99 Å². The Bertz CT molecular complexity index is 1160. The Morgan fingerprint density at radius 3 is 2.37 bits per heavy atom. The molecule has 0 aliphatic carbocycles. The minimum absolute atomic E-state index is 0.173. The van der Waals surface area contributed by atoms with E-state index in [1.807, 2.05) is 55.5 Å². The topological polar surface area (TPSA) is 34.5 Å². The molecule has 2 aromatic carbocycles. The summed E-state index contributed by atoms with van der Waals surface area (Å²) >= 11 is 1.69. The molecule has 1 atom stereocenters. The number of aliphatic imine (C=N–C) groups is 1. The second kappa shape index (κ2) is 6.32. The van der Waals surface area contributed by atoms with Crippen LogP contribution < -0.4 is 0 Å². The summed E-state index contributed by atoms with van der Waals surface area (Å²) in [6.45, 7) is 4.17. The van der Waals surface area contributed by atoms with Crippen molar-refractivity contribution in [3.63, 3.8) is 0 Å². The number of thiophene rings is 1. The maximum absolute atomic E-state index is 6.42. The Balaban J connectivity index is 1.78. The van der Waals surface area contributed by atoms with Crippen molar-refractivity contribution in [1.82, 2.24) is 4.98 Å². The first-order valence-electron chi connectivity index (χ1n) is 8.97. The largest absolute Gasteiger partial charge is 0.463 e. The lowest BCUT2D eigenvalue weighted by molar-refractivity contribution is 0.233. The summed E-state index contributed by atoms with van der Waals surface area (Å²) in [5.41, 5.74) is 5.35. The number of rotatable bonds is 2. The molecule has 3 nitrogen and oxygen atoms in total. The maximum Gasteiger partial charge on any atom is 0.222 e. The minimum atomic E-state index is -0.173. The quantitative estimate of drug-likeness (QED) is 0.426. The van der Waals surface area contributed by atoms with E-state index in [1.54, 1.807) is 11.3 Å². The maximum atomic E-state index is 6.42. The van der Waals surface area contributed by atoms with Gasteiger partial charge in [0.2, 0.25) is 5.90 Å². The molecule has 0 saturated heterocycles. The van der Waals surface area contributed by atoms with E-state index in [2.05, 4.69) is 25.1 Å². The van der Waals surface area contributed by atoms with Crippen molar-refractivity contribution < 1.29 is 4.74 Å². The number of aromatic nitrogens is 1. The van der Waals surface area contributed by atoms with Crippen molar-refractivity contribution in [3.05, 3.63) is 94.0 Å². The van der Waals surface area contributed by atoms with E-state index < -0.39 is 0 Å². The van der Waals surface area contributed by atoms with E-state index in [9.17, 15) is 0 Å². The Morgan fingerprint density at radius 2 is 1.63 bits per heavy atom. The third-order valence-corrected chi connectivity index (χ3v) is 5.91. The zero-order chi connectivity index (χ0) is 18.4. The molecule has 0 spiro atoms. The second-order valence-corrected chi connectivity index (χ2v) is 7.80. The van der Waals surface area contributed by atoms with Crippen LogP contribution in [-0.4, -0.2) is 10.9 Å². The van der Waals surface area contributed by atoms with Crippen LogP contribution in [0.25, 0.3) is 10.2 Å². The molecule has 5 rings (SSSR count). The lowest BCUT2D eigenvalue weighted by Gasteiger charge is -2.24. The van der Waals surface area contributed by atoms with Gasteiger partial charge in [0.25, 0.3) is 0 Å². The zero-order valence-corrected chi connectivity index (χ0v) is 16.0. The van der Waals surface area contributed by atoms with Crippen LogP contribution in [0.4, 0.5) is 5.69 Å². The number of pyridine rings is 1. The highest BCUT2D eigenvalue weighted by Gasteiger charge is 2.31. The number of fused-ring (bicyclic) bond motifs is 3. The molecule has 0 radical (unpaired) electrons. The second-order valence-electron chi connectivity index (χ2n) is 6.77. The molecular weight excluding hydrogens is 352 g/mol. The first kappa shape index (κ1) is 16.2. The van der Waals surface area contributed by atoms with Gasteiger partial charge in [-0.2, -0.15) is 0 Å². The van der Waals surface area contributed by atoms with Crippen LogP contribution in [0.15, 0.2) is 71.7 Å². The van der Waals surface area contributed by atoms with Crippen LogP contribution in [0, 0.1) is 13.8 Å². The van der Waals surface area contributed by atoms with Crippen LogP contribution in [-0.2, 0) is 4.74 Å². The first-order chi connectivity index (χ1) is 13.2. The molecule has 0 unspecified atom stereocenters. The van der Waals surface area contributed by atoms with Crippen LogP contribution in [0.1, 0.15) is 33.4 Å². The lowest BCUT2D eigenvalue weighted by atomic mass is 10.0. The van der Waals surface area contributed by atoms with Crippen molar-refractivity contribution in [1.29, 1.82) is 0 Å². The fourth-order valence-corrected chi connectivity index (χ4v) is 4.88. The van der Waals surface area contributed by atoms with Gasteiger partial charge in [-0.15, -0.1) is 11.3 Å². The van der Waals surface area contributed by atoms with Crippen molar-refractivity contribution >= 4 is 33.1 Å². The summed E-state index contributed by atoms with van der Waals surface area (Å²) in [5, 5.41) is 1.14. The average molecular weight is 370 g/mol. The Kier molecular flexibility index (Phi) is 3.80. The molecule has 0 bridgehead atoms. The van der Waals surface area contributed by atoms with Crippen LogP contribution in [0.3, 0.4) is 0 Å². The molecular formula is C23H18N2OS. The third-order valence-electron chi connectivity index (χ3n) is 4.79. The van der Waals surface area contributed by atoms with Crippen LogP contribution in [0.2, 0.25) is 0 Å². The van der Waals surface area contributed by atoms with E-state index in [4.69, 9.17) is 14.7 Å². The summed E-state index contributed by atoms with van der Waals surface area (Å²) in [7, 11) is 0. The van der Waals surface area contributed by atoms with Gasteiger partial charge in [-0.1, -0.05) is 48.5 Å². The fraction of sp³-hybridized carbons (Fsp3) is 0.130. The fourth-order valence-electron chi connectivity index (χ4n) is 3.58. The summed E-state index contributed by atoms with van der Waals surface area (Å²) < 4.78 is 6.42. The zero-order valence-electron chi connectivity index (χ0n) is 15.1. The molecule has 132 valence electrons. The highest BCUT2D eigenvalue weighted by Crippen LogP contribution is 2.48. The van der Waals surface area contributed by atoms with Crippen molar-refractivity contribution in [2.75, 3.05) is 0 Å². The molecule has 4 aromatic rings. The molecule has 3 heterocycles. The number of benzene rings is 2. The van der Waals surface area contributed by atoms with Gasteiger partial charge >= 0.3 is 0 Å². The summed E-state index contributed by atoms with van der Waals surface area (Å²) in [6.07, 6.45) is -0.173. The van der Waals surface area contributed by atoms with E-state index in [0.29, 0.717) is 5.90 Å². The lowest BCUT2D eigenvalue weighted by Crippen LogP contribution is -2.16. The predicted molar refractivity (Wildman–Crippen MR) is 111 cm³/mol. The standard InChI is InChI=1S/C23H18N2OS/c1-14-13-15(2)24-23-18(14)19-21(27-23)20(16-9-5-3-6-10-16)26-22(25-19)17-11-7-4-8-12-17/h3-13,20H,1-2H3/t20-/m0/s1. The van der Waals surface area contributed by atoms with E-state index in [0.717, 1.165) is 37.6 Å². The average Bonchev–Trinajstić information content (AvgIpc) is 3.07. The van der Waals surface area contributed by atoms with Gasteiger partial charge in [0.1, 0.15) is 4.83 Å². The molecule has 0 amide bonds. The van der Waals surface area contributed by atoms with Crippen LogP contribution >= 0.6 is 11.3 Å². The van der Waals surface area contributed by atoms with E-state index in [-0.39, 0.29) is 6.10 Å². The third kappa shape index (κ3) is 2.73. The monoisotopic (exact) mass is 370 g/mol. The van der Waals surface area contributed by atoms with E-state index in [1.165, 1.54) is 5.56 Å². The van der Waals surface area contributed by atoms with Gasteiger partial charge in [0.15, 0.2) is 6.10 Å².